The van der Waals surface area contributed by atoms with Crippen molar-refractivity contribution in [2.24, 2.45) is 29.4 Å². The highest BCUT2D eigenvalue weighted by atomic mass is 16.2. The number of benzene rings is 2. The summed E-state index contributed by atoms with van der Waals surface area (Å²) in [4.78, 5) is 44.1. The van der Waals surface area contributed by atoms with Crippen molar-refractivity contribution < 1.29 is 14.4 Å². The third kappa shape index (κ3) is 6.32. The highest BCUT2D eigenvalue weighted by Gasteiger charge is 2.40. The van der Waals surface area contributed by atoms with Crippen molar-refractivity contribution in [3.8, 4) is 0 Å². The second kappa shape index (κ2) is 11.8. The number of anilines is 3. The highest BCUT2D eigenvalue weighted by Crippen LogP contribution is 2.40. The Labute approximate surface area is 220 Å². The number of hydrogen-bond donors (Lipinski definition) is 2. The van der Waals surface area contributed by atoms with E-state index in [9.17, 15) is 14.4 Å². The van der Waals surface area contributed by atoms with E-state index < -0.39 is 23.8 Å². The van der Waals surface area contributed by atoms with Gasteiger partial charge in [-0.2, -0.15) is 0 Å². The summed E-state index contributed by atoms with van der Waals surface area (Å²) < 4.78 is 0. The normalized spacial score (nSPS) is 19.2. The van der Waals surface area contributed by atoms with E-state index in [-0.39, 0.29) is 17.7 Å². The Bertz CT molecular complexity index is 1100. The molecule has 7 heteroatoms. The smallest absolute Gasteiger partial charge is 0.251 e. The van der Waals surface area contributed by atoms with Crippen LogP contribution in [-0.2, 0) is 14.4 Å². The van der Waals surface area contributed by atoms with Crippen molar-refractivity contribution in [3.05, 3.63) is 54.6 Å². The molecule has 4 rings (SSSR count). The molecule has 2 aromatic rings. The van der Waals surface area contributed by atoms with E-state index in [0.717, 1.165) is 36.3 Å². The fraction of sp³-hybridized carbons (Fsp3) is 0.500. The molecule has 7 nitrogen and oxygen atoms in total. The number of nitrogens with one attached hydrogen (secondary N) is 1. The largest absolute Gasteiger partial charge is 0.369 e. The number of primary amides is 1. The first-order valence-electron chi connectivity index (χ1n) is 13.6. The SMILES string of the molecule is CCC[C@H](C(N)=O)[C@@H](CC(C)C)C(=O)NC1CN(c2ccccc2)c2ccccc2N(CC2CC2)C1=O. The zero-order valence-corrected chi connectivity index (χ0v) is 22.2. The summed E-state index contributed by atoms with van der Waals surface area (Å²) in [6.45, 7) is 6.99. The Morgan fingerprint density at radius 1 is 1.00 bits per heavy atom. The van der Waals surface area contributed by atoms with Gasteiger partial charge in [-0.3, -0.25) is 14.4 Å². The van der Waals surface area contributed by atoms with Crippen LogP contribution in [0.5, 0.6) is 0 Å². The van der Waals surface area contributed by atoms with Gasteiger partial charge in [0, 0.05) is 24.1 Å². The minimum Gasteiger partial charge on any atom is -0.369 e. The van der Waals surface area contributed by atoms with Crippen molar-refractivity contribution in [1.82, 2.24) is 5.32 Å². The Morgan fingerprint density at radius 2 is 1.65 bits per heavy atom. The van der Waals surface area contributed by atoms with Crippen LogP contribution in [0.15, 0.2) is 54.6 Å². The number of carbonyl (C=O) groups excluding carboxylic acids is 3. The number of nitrogens with two attached hydrogens (primary N) is 1. The third-order valence-electron chi connectivity index (χ3n) is 7.43. The average Bonchev–Trinajstić information content (AvgIpc) is 3.72. The van der Waals surface area contributed by atoms with Crippen LogP contribution in [0.3, 0.4) is 0 Å². The molecule has 1 unspecified atom stereocenters. The van der Waals surface area contributed by atoms with Crippen molar-refractivity contribution in [2.45, 2.75) is 58.9 Å². The van der Waals surface area contributed by atoms with Gasteiger partial charge in [-0.25, -0.2) is 0 Å². The number of carbonyl (C=O) groups is 3. The molecule has 0 saturated heterocycles. The average molecular weight is 505 g/mol. The molecule has 1 saturated carbocycles. The summed E-state index contributed by atoms with van der Waals surface area (Å²) in [5.74, 6) is -1.28. The monoisotopic (exact) mass is 504 g/mol. The van der Waals surface area contributed by atoms with Gasteiger partial charge in [0.15, 0.2) is 0 Å². The third-order valence-corrected chi connectivity index (χ3v) is 7.43. The highest BCUT2D eigenvalue weighted by molar-refractivity contribution is 6.04. The number of amides is 3. The van der Waals surface area contributed by atoms with Crippen LogP contribution < -0.4 is 20.9 Å². The molecular weight excluding hydrogens is 464 g/mol. The molecule has 1 fully saturated rings. The molecule has 0 aromatic heterocycles. The molecule has 0 spiro atoms. The Kier molecular flexibility index (Phi) is 8.52. The maximum atomic E-state index is 14.1. The Balaban J connectivity index is 1.70. The first-order valence-corrected chi connectivity index (χ1v) is 13.6. The van der Waals surface area contributed by atoms with Gasteiger partial charge in [0.2, 0.25) is 11.8 Å². The summed E-state index contributed by atoms with van der Waals surface area (Å²) in [6, 6.07) is 17.1. The second-order valence-corrected chi connectivity index (χ2v) is 10.9. The van der Waals surface area contributed by atoms with E-state index in [2.05, 4.69) is 10.2 Å². The molecule has 0 bridgehead atoms. The van der Waals surface area contributed by atoms with E-state index >= 15 is 0 Å². The summed E-state index contributed by atoms with van der Waals surface area (Å²) >= 11 is 0. The summed E-state index contributed by atoms with van der Waals surface area (Å²) in [5, 5.41) is 3.09. The lowest BCUT2D eigenvalue weighted by atomic mass is 9.81. The molecule has 0 radical (unpaired) electrons. The van der Waals surface area contributed by atoms with Crippen LogP contribution in [-0.4, -0.2) is 36.9 Å². The lowest BCUT2D eigenvalue weighted by Gasteiger charge is -2.30. The van der Waals surface area contributed by atoms with Gasteiger partial charge >= 0.3 is 0 Å². The zero-order chi connectivity index (χ0) is 26.5. The molecule has 37 heavy (non-hydrogen) atoms. The topological polar surface area (TPSA) is 95.7 Å². The van der Waals surface area contributed by atoms with Gasteiger partial charge in [0.1, 0.15) is 6.04 Å². The molecule has 3 amide bonds. The number of fused-ring (bicyclic) bond motifs is 1. The molecule has 1 aliphatic heterocycles. The van der Waals surface area contributed by atoms with Crippen LogP contribution in [0.25, 0.3) is 0 Å². The minimum atomic E-state index is -0.760. The van der Waals surface area contributed by atoms with E-state index in [4.69, 9.17) is 5.73 Å². The van der Waals surface area contributed by atoms with Crippen molar-refractivity contribution in [2.75, 3.05) is 22.9 Å². The predicted octanol–water partition coefficient (Wildman–Crippen LogP) is 4.63. The van der Waals surface area contributed by atoms with Crippen molar-refractivity contribution in [1.29, 1.82) is 0 Å². The summed E-state index contributed by atoms with van der Waals surface area (Å²) in [7, 11) is 0. The number of para-hydroxylation sites is 3. The fourth-order valence-electron chi connectivity index (χ4n) is 5.39. The quantitative estimate of drug-likeness (QED) is 0.466. The van der Waals surface area contributed by atoms with Gasteiger partial charge in [-0.15, -0.1) is 0 Å². The molecule has 3 atom stereocenters. The molecule has 3 N–H and O–H groups in total. The number of nitrogens with zero attached hydrogens (tertiary/aromatic N) is 2. The van der Waals surface area contributed by atoms with Crippen LogP contribution >= 0.6 is 0 Å². The Morgan fingerprint density at radius 3 is 2.24 bits per heavy atom. The van der Waals surface area contributed by atoms with Crippen LogP contribution in [0.2, 0.25) is 0 Å². The van der Waals surface area contributed by atoms with Gasteiger partial charge in [-0.05, 0) is 61.8 Å². The molecule has 2 aromatic carbocycles. The lowest BCUT2D eigenvalue weighted by Crippen LogP contribution is -2.54. The van der Waals surface area contributed by atoms with Crippen LogP contribution in [0, 0.1) is 23.7 Å². The Hall–Kier alpha value is -3.35. The van der Waals surface area contributed by atoms with E-state index in [1.54, 1.807) is 0 Å². The molecular formula is C30H40N4O3. The van der Waals surface area contributed by atoms with Gasteiger partial charge in [0.25, 0.3) is 5.91 Å². The lowest BCUT2D eigenvalue weighted by molar-refractivity contribution is -0.136. The van der Waals surface area contributed by atoms with Crippen LogP contribution in [0.4, 0.5) is 17.1 Å². The summed E-state index contributed by atoms with van der Waals surface area (Å²) in [5.41, 5.74) is 8.52. The van der Waals surface area contributed by atoms with Gasteiger partial charge < -0.3 is 20.9 Å². The molecule has 198 valence electrons. The molecule has 1 aliphatic carbocycles. The number of hydrogen-bond acceptors (Lipinski definition) is 4. The zero-order valence-electron chi connectivity index (χ0n) is 22.2. The first-order chi connectivity index (χ1) is 17.8. The van der Waals surface area contributed by atoms with Crippen LogP contribution in [0.1, 0.15) is 52.9 Å². The molecule has 2 aliphatic rings. The van der Waals surface area contributed by atoms with Crippen molar-refractivity contribution in [3.63, 3.8) is 0 Å². The van der Waals surface area contributed by atoms with E-state index in [0.29, 0.717) is 31.8 Å². The van der Waals surface area contributed by atoms with E-state index in [1.807, 2.05) is 80.3 Å². The fourth-order valence-corrected chi connectivity index (χ4v) is 5.39. The maximum Gasteiger partial charge on any atom is 0.251 e. The standard InChI is InChI=1S/C30H40N4O3/c1-4-10-23(28(31)35)24(17-20(2)3)29(36)32-25-19-33(22-11-6-5-7-12-22)26-13-8-9-14-27(26)34(30(25)37)18-21-15-16-21/h5-9,11-14,20-21,23-25H,4,10,15-19H2,1-3H3,(H2,31,35)(H,32,36)/t23-,24+,25?/m0/s1. The minimum absolute atomic E-state index is 0.111. The first kappa shape index (κ1) is 26.7. The molecule has 1 heterocycles. The van der Waals surface area contributed by atoms with Gasteiger partial charge in [-0.1, -0.05) is 57.5 Å². The maximum absolute atomic E-state index is 14.1. The van der Waals surface area contributed by atoms with Gasteiger partial charge in [0.05, 0.1) is 17.9 Å². The number of rotatable bonds is 11. The second-order valence-electron chi connectivity index (χ2n) is 10.9. The van der Waals surface area contributed by atoms with E-state index in [1.165, 1.54) is 0 Å². The summed E-state index contributed by atoms with van der Waals surface area (Å²) in [6.07, 6.45) is 4.06. The van der Waals surface area contributed by atoms with Crippen molar-refractivity contribution >= 4 is 34.8 Å². The predicted molar refractivity (Wildman–Crippen MR) is 147 cm³/mol.